The lowest BCUT2D eigenvalue weighted by Crippen LogP contribution is -2.35. The Morgan fingerprint density at radius 1 is 1.26 bits per heavy atom. The van der Waals surface area contributed by atoms with E-state index in [1.165, 1.54) is 22.5 Å². The van der Waals surface area contributed by atoms with Crippen molar-refractivity contribution in [2.24, 2.45) is 0 Å². The van der Waals surface area contributed by atoms with E-state index in [0.29, 0.717) is 19.6 Å². The Morgan fingerprint density at radius 3 is 2.70 bits per heavy atom. The summed E-state index contributed by atoms with van der Waals surface area (Å²) in [7, 11) is -3.55. The van der Waals surface area contributed by atoms with Crippen molar-refractivity contribution in [2.45, 2.75) is 43.1 Å². The lowest BCUT2D eigenvalue weighted by Gasteiger charge is -2.26. The van der Waals surface area contributed by atoms with Gasteiger partial charge in [0.2, 0.25) is 10.0 Å². The molecule has 1 amide bonds. The summed E-state index contributed by atoms with van der Waals surface area (Å²) in [6.07, 6.45) is 4.81. The summed E-state index contributed by atoms with van der Waals surface area (Å²) in [4.78, 5) is 12.0. The van der Waals surface area contributed by atoms with E-state index in [0.717, 1.165) is 38.7 Å². The minimum Gasteiger partial charge on any atom is -0.482 e. The fourth-order valence-electron chi connectivity index (χ4n) is 3.24. The molecule has 1 unspecified atom stereocenters. The summed E-state index contributed by atoms with van der Waals surface area (Å²) < 4.78 is 37.7. The van der Waals surface area contributed by atoms with E-state index < -0.39 is 10.0 Å². The Balaban J connectivity index is 1.55. The van der Waals surface area contributed by atoms with Gasteiger partial charge in [-0.25, -0.2) is 8.42 Å². The molecule has 2 aliphatic heterocycles. The molecule has 2 heterocycles. The quantitative estimate of drug-likeness (QED) is 0.736. The van der Waals surface area contributed by atoms with E-state index in [-0.39, 0.29) is 34.3 Å². The third-order valence-corrected chi connectivity index (χ3v) is 6.96. The summed E-state index contributed by atoms with van der Waals surface area (Å²) in [6.45, 7) is 2.07. The molecule has 27 heavy (non-hydrogen) atoms. The van der Waals surface area contributed by atoms with Crippen LogP contribution in [0, 0.1) is 0 Å². The maximum absolute atomic E-state index is 12.7. The Kier molecular flexibility index (Phi) is 6.97. The van der Waals surface area contributed by atoms with Gasteiger partial charge in [0, 0.05) is 26.2 Å². The van der Waals surface area contributed by atoms with Gasteiger partial charge in [0.15, 0.2) is 6.61 Å². The first-order valence-corrected chi connectivity index (χ1v) is 11.1. The molecule has 0 spiro atoms. The smallest absolute Gasteiger partial charge is 0.258 e. The summed E-state index contributed by atoms with van der Waals surface area (Å²) in [5, 5.41) is 2.93. The van der Waals surface area contributed by atoms with Crippen LogP contribution in [0.5, 0.6) is 5.75 Å². The van der Waals surface area contributed by atoms with Gasteiger partial charge in [0.25, 0.3) is 5.91 Å². The van der Waals surface area contributed by atoms with Crippen LogP contribution < -0.4 is 10.1 Å². The maximum atomic E-state index is 12.7. The van der Waals surface area contributed by atoms with E-state index in [4.69, 9.17) is 21.1 Å². The van der Waals surface area contributed by atoms with Crippen molar-refractivity contribution in [3.05, 3.63) is 23.2 Å². The SMILES string of the molecule is O=C(COc1ccc(S(=O)(=O)N2CCCCC2)cc1Cl)NCC1CCCO1. The Hall–Kier alpha value is -1.35. The molecular formula is C18H25ClN2O5S. The fourth-order valence-corrected chi connectivity index (χ4v) is 5.08. The average Bonchev–Trinajstić information content (AvgIpc) is 3.19. The molecule has 0 radical (unpaired) electrons. The molecule has 150 valence electrons. The molecule has 7 nitrogen and oxygen atoms in total. The molecule has 0 aliphatic carbocycles. The van der Waals surface area contributed by atoms with Crippen LogP contribution in [0.25, 0.3) is 0 Å². The van der Waals surface area contributed by atoms with Crippen molar-refractivity contribution < 1.29 is 22.7 Å². The number of nitrogens with one attached hydrogen (secondary N) is 1. The molecule has 0 bridgehead atoms. The standard InChI is InChI=1S/C18H25ClN2O5S/c19-16-11-15(27(23,24)21-8-2-1-3-9-21)6-7-17(16)26-13-18(22)20-12-14-5-4-10-25-14/h6-7,11,14H,1-5,8-10,12-13H2,(H,20,22). The number of halogens is 1. The second-order valence-electron chi connectivity index (χ2n) is 6.78. The number of benzene rings is 1. The third kappa shape index (κ3) is 5.34. The van der Waals surface area contributed by atoms with E-state index in [1.807, 2.05) is 0 Å². The van der Waals surface area contributed by atoms with Crippen LogP contribution in [0.2, 0.25) is 5.02 Å². The number of carbonyl (C=O) groups is 1. The third-order valence-electron chi connectivity index (χ3n) is 4.77. The normalized spacial score (nSPS) is 21.1. The minimum atomic E-state index is -3.55. The van der Waals surface area contributed by atoms with Crippen molar-refractivity contribution >= 4 is 27.5 Å². The molecule has 2 fully saturated rings. The van der Waals surface area contributed by atoms with Crippen LogP contribution in [0.1, 0.15) is 32.1 Å². The predicted octanol–water partition coefficient (Wildman–Crippen LogP) is 2.19. The summed E-state index contributed by atoms with van der Waals surface area (Å²) in [6, 6.07) is 4.34. The zero-order chi connectivity index (χ0) is 19.3. The fraction of sp³-hybridized carbons (Fsp3) is 0.611. The number of rotatable bonds is 7. The van der Waals surface area contributed by atoms with Gasteiger partial charge in [-0.05, 0) is 43.9 Å². The van der Waals surface area contributed by atoms with Crippen LogP contribution in [0.3, 0.4) is 0 Å². The van der Waals surface area contributed by atoms with E-state index in [2.05, 4.69) is 5.32 Å². The van der Waals surface area contributed by atoms with Crippen LogP contribution in [-0.4, -0.2) is 57.6 Å². The van der Waals surface area contributed by atoms with Gasteiger partial charge < -0.3 is 14.8 Å². The molecule has 1 aromatic carbocycles. The molecule has 1 N–H and O–H groups in total. The molecule has 3 rings (SSSR count). The number of amides is 1. The second kappa shape index (κ2) is 9.23. The van der Waals surface area contributed by atoms with E-state index in [9.17, 15) is 13.2 Å². The largest absolute Gasteiger partial charge is 0.482 e. The topological polar surface area (TPSA) is 84.9 Å². The van der Waals surface area contributed by atoms with Crippen molar-refractivity contribution in [3.63, 3.8) is 0 Å². The summed E-state index contributed by atoms with van der Waals surface area (Å²) >= 11 is 6.18. The lowest BCUT2D eigenvalue weighted by molar-refractivity contribution is -0.123. The van der Waals surface area contributed by atoms with Crippen molar-refractivity contribution in [1.29, 1.82) is 0 Å². The monoisotopic (exact) mass is 416 g/mol. The number of piperidine rings is 1. The zero-order valence-corrected chi connectivity index (χ0v) is 16.7. The predicted molar refractivity (Wildman–Crippen MR) is 102 cm³/mol. The van der Waals surface area contributed by atoms with Crippen molar-refractivity contribution in [3.8, 4) is 5.75 Å². The summed E-state index contributed by atoms with van der Waals surface area (Å²) in [5.74, 6) is 0.00751. The highest BCUT2D eigenvalue weighted by molar-refractivity contribution is 7.89. The summed E-state index contributed by atoms with van der Waals surface area (Å²) in [5.41, 5.74) is 0. The van der Waals surface area contributed by atoms with Gasteiger partial charge >= 0.3 is 0 Å². The van der Waals surface area contributed by atoms with Crippen LogP contribution in [-0.2, 0) is 19.6 Å². The highest BCUT2D eigenvalue weighted by Gasteiger charge is 2.26. The first-order valence-electron chi connectivity index (χ1n) is 9.27. The number of carbonyl (C=O) groups excluding carboxylic acids is 1. The van der Waals surface area contributed by atoms with Gasteiger partial charge in [-0.2, -0.15) is 4.31 Å². The van der Waals surface area contributed by atoms with Gasteiger partial charge in [-0.15, -0.1) is 0 Å². The molecule has 1 aromatic rings. The van der Waals surface area contributed by atoms with E-state index in [1.54, 1.807) is 0 Å². The number of ether oxygens (including phenoxy) is 2. The Morgan fingerprint density at radius 2 is 2.04 bits per heavy atom. The second-order valence-corrected chi connectivity index (χ2v) is 9.13. The van der Waals surface area contributed by atoms with Gasteiger partial charge in [-0.1, -0.05) is 18.0 Å². The Bertz CT molecular complexity index is 759. The first-order chi connectivity index (χ1) is 13.0. The molecule has 9 heteroatoms. The highest BCUT2D eigenvalue weighted by Crippen LogP contribution is 2.29. The van der Waals surface area contributed by atoms with Crippen LogP contribution in [0.4, 0.5) is 0 Å². The van der Waals surface area contributed by atoms with E-state index >= 15 is 0 Å². The van der Waals surface area contributed by atoms with Crippen molar-refractivity contribution in [2.75, 3.05) is 32.8 Å². The number of hydrogen-bond acceptors (Lipinski definition) is 5. The number of sulfonamides is 1. The van der Waals surface area contributed by atoms with Gasteiger partial charge in [0.1, 0.15) is 5.75 Å². The highest BCUT2D eigenvalue weighted by atomic mass is 35.5. The molecule has 0 aromatic heterocycles. The lowest BCUT2D eigenvalue weighted by atomic mass is 10.2. The first kappa shape index (κ1) is 20.4. The number of hydrogen-bond donors (Lipinski definition) is 1. The van der Waals surface area contributed by atoms with Crippen molar-refractivity contribution in [1.82, 2.24) is 9.62 Å². The maximum Gasteiger partial charge on any atom is 0.258 e. The van der Waals surface area contributed by atoms with Crippen LogP contribution >= 0.6 is 11.6 Å². The molecule has 0 saturated carbocycles. The molecular weight excluding hydrogens is 392 g/mol. The molecule has 1 atom stereocenters. The molecule has 2 saturated heterocycles. The average molecular weight is 417 g/mol. The molecule has 2 aliphatic rings. The van der Waals surface area contributed by atoms with Gasteiger partial charge in [-0.3, -0.25) is 4.79 Å². The Labute approximate surface area is 165 Å². The minimum absolute atomic E-state index is 0.0665. The zero-order valence-electron chi connectivity index (χ0n) is 15.2. The number of nitrogens with zero attached hydrogens (tertiary/aromatic N) is 1. The van der Waals surface area contributed by atoms with Gasteiger partial charge in [0.05, 0.1) is 16.0 Å². The van der Waals surface area contributed by atoms with Crippen LogP contribution in [0.15, 0.2) is 23.1 Å².